The van der Waals surface area contributed by atoms with Gasteiger partial charge in [-0.3, -0.25) is 9.78 Å². The van der Waals surface area contributed by atoms with E-state index < -0.39 is 5.91 Å². The molecule has 0 aliphatic heterocycles. The number of rotatable bonds is 2. The van der Waals surface area contributed by atoms with Gasteiger partial charge in [-0.15, -0.1) is 0 Å². The molecule has 0 atom stereocenters. The third-order valence-electron chi connectivity index (χ3n) is 1.40. The molecular formula is C8H7N3O. The highest BCUT2D eigenvalue weighted by molar-refractivity contribution is 5.93. The Morgan fingerprint density at radius 1 is 1.75 bits per heavy atom. The maximum absolute atomic E-state index is 10.8. The lowest BCUT2D eigenvalue weighted by Crippen LogP contribution is -2.14. The van der Waals surface area contributed by atoms with Gasteiger partial charge >= 0.3 is 0 Å². The van der Waals surface area contributed by atoms with Crippen LogP contribution < -0.4 is 5.73 Å². The monoisotopic (exact) mass is 161 g/mol. The Hall–Kier alpha value is -1.89. The van der Waals surface area contributed by atoms with E-state index in [0.717, 1.165) is 0 Å². The Balaban J connectivity index is 3.10. The molecule has 0 aliphatic rings. The summed E-state index contributed by atoms with van der Waals surface area (Å²) in [7, 11) is 0. The summed E-state index contributed by atoms with van der Waals surface area (Å²) in [6.07, 6.45) is 1.64. The first-order chi connectivity index (χ1) is 5.75. The maximum atomic E-state index is 10.8. The van der Waals surface area contributed by atoms with E-state index in [1.165, 1.54) is 6.20 Å². The zero-order valence-corrected chi connectivity index (χ0v) is 6.32. The first-order valence-electron chi connectivity index (χ1n) is 3.36. The number of carbonyl (C=O) groups is 1. The number of hydrogen-bond acceptors (Lipinski definition) is 3. The minimum Gasteiger partial charge on any atom is -0.366 e. The molecule has 0 saturated heterocycles. The van der Waals surface area contributed by atoms with Crippen LogP contribution in [0.3, 0.4) is 0 Å². The number of nitrogens with two attached hydrogens (primary N) is 1. The molecule has 0 unspecified atom stereocenters. The van der Waals surface area contributed by atoms with E-state index in [1.807, 2.05) is 6.07 Å². The number of nitrogens with zero attached hydrogens (tertiary/aromatic N) is 2. The highest BCUT2D eigenvalue weighted by Gasteiger charge is 2.06. The lowest BCUT2D eigenvalue weighted by atomic mass is 10.1. The fourth-order valence-corrected chi connectivity index (χ4v) is 0.878. The molecule has 4 nitrogen and oxygen atoms in total. The molecule has 2 N–H and O–H groups in total. The number of nitriles is 1. The van der Waals surface area contributed by atoms with Gasteiger partial charge in [-0.25, -0.2) is 0 Å². The van der Waals surface area contributed by atoms with Crippen LogP contribution in [0, 0.1) is 11.3 Å². The summed E-state index contributed by atoms with van der Waals surface area (Å²) in [6.45, 7) is 0. The second kappa shape index (κ2) is 3.49. The van der Waals surface area contributed by atoms with Gasteiger partial charge in [0.2, 0.25) is 0 Å². The van der Waals surface area contributed by atoms with Gasteiger partial charge in [-0.2, -0.15) is 5.26 Å². The van der Waals surface area contributed by atoms with Crippen molar-refractivity contribution in [2.75, 3.05) is 0 Å². The summed E-state index contributed by atoms with van der Waals surface area (Å²) >= 11 is 0. The van der Waals surface area contributed by atoms with Crippen molar-refractivity contribution in [3.05, 3.63) is 29.6 Å². The number of aromatic nitrogens is 1. The standard InChI is InChI=1S/C8H7N3O/c9-4-3-7-6(8(10)12)2-1-5-11-7/h1-2,5H,3H2,(H2,10,12). The molecule has 1 rings (SSSR count). The third-order valence-corrected chi connectivity index (χ3v) is 1.40. The van der Waals surface area contributed by atoms with E-state index in [1.54, 1.807) is 12.1 Å². The van der Waals surface area contributed by atoms with Crippen LogP contribution in [0.25, 0.3) is 0 Å². The Kier molecular flexibility index (Phi) is 2.38. The summed E-state index contributed by atoms with van der Waals surface area (Å²) in [4.78, 5) is 14.6. The fraction of sp³-hybridized carbons (Fsp3) is 0.125. The van der Waals surface area contributed by atoms with Gasteiger partial charge in [-0.05, 0) is 12.1 Å². The number of amides is 1. The predicted molar refractivity (Wildman–Crippen MR) is 42.1 cm³/mol. The van der Waals surface area contributed by atoms with Crippen molar-refractivity contribution in [3.8, 4) is 6.07 Å². The summed E-state index contributed by atoms with van der Waals surface area (Å²) in [5.41, 5.74) is 5.81. The molecule has 0 aromatic carbocycles. The number of primary amides is 1. The summed E-state index contributed by atoms with van der Waals surface area (Å²) in [5, 5.41) is 8.38. The minimum absolute atomic E-state index is 0.110. The lowest BCUT2D eigenvalue weighted by Gasteiger charge is -1.99. The summed E-state index contributed by atoms with van der Waals surface area (Å²) in [6, 6.07) is 5.08. The SMILES string of the molecule is N#CCc1ncccc1C(N)=O. The van der Waals surface area contributed by atoms with Gasteiger partial charge in [0.1, 0.15) is 0 Å². The van der Waals surface area contributed by atoms with Crippen molar-refractivity contribution in [2.45, 2.75) is 6.42 Å². The smallest absolute Gasteiger partial charge is 0.250 e. The molecule has 0 fully saturated rings. The van der Waals surface area contributed by atoms with Gasteiger partial charge in [0.05, 0.1) is 23.7 Å². The van der Waals surface area contributed by atoms with Crippen molar-refractivity contribution in [1.29, 1.82) is 5.26 Å². The zero-order chi connectivity index (χ0) is 8.97. The zero-order valence-electron chi connectivity index (χ0n) is 6.32. The normalized spacial score (nSPS) is 8.92. The molecular weight excluding hydrogens is 154 g/mol. The Morgan fingerprint density at radius 2 is 2.50 bits per heavy atom. The van der Waals surface area contributed by atoms with Gasteiger partial charge in [-0.1, -0.05) is 0 Å². The average Bonchev–Trinajstić information content (AvgIpc) is 2.05. The number of hydrogen-bond donors (Lipinski definition) is 1. The molecule has 12 heavy (non-hydrogen) atoms. The predicted octanol–water partition coefficient (Wildman–Crippen LogP) is 0.247. The van der Waals surface area contributed by atoms with Crippen molar-refractivity contribution in [3.63, 3.8) is 0 Å². The number of pyridine rings is 1. The van der Waals surface area contributed by atoms with Crippen LogP contribution in [0.4, 0.5) is 0 Å². The minimum atomic E-state index is -0.548. The maximum Gasteiger partial charge on any atom is 0.250 e. The van der Waals surface area contributed by atoms with Crippen LogP contribution in [0.1, 0.15) is 16.1 Å². The Labute approximate surface area is 69.6 Å². The molecule has 1 aromatic heterocycles. The van der Waals surface area contributed by atoms with E-state index in [0.29, 0.717) is 11.3 Å². The van der Waals surface area contributed by atoms with Crippen LogP contribution in [0.5, 0.6) is 0 Å². The molecule has 60 valence electrons. The molecule has 1 amide bonds. The van der Waals surface area contributed by atoms with E-state index in [4.69, 9.17) is 11.0 Å². The topological polar surface area (TPSA) is 79.8 Å². The summed E-state index contributed by atoms with van der Waals surface area (Å²) in [5.74, 6) is -0.548. The molecule has 4 heteroatoms. The van der Waals surface area contributed by atoms with E-state index in [9.17, 15) is 4.79 Å². The summed E-state index contributed by atoms with van der Waals surface area (Å²) < 4.78 is 0. The molecule has 1 aromatic rings. The first kappa shape index (κ1) is 8.21. The Bertz CT molecular complexity index is 340. The molecule has 0 aliphatic carbocycles. The fourth-order valence-electron chi connectivity index (χ4n) is 0.878. The van der Waals surface area contributed by atoms with Crippen molar-refractivity contribution < 1.29 is 4.79 Å². The van der Waals surface area contributed by atoms with Crippen LogP contribution in [-0.4, -0.2) is 10.9 Å². The second-order valence-electron chi connectivity index (χ2n) is 2.20. The van der Waals surface area contributed by atoms with Crippen LogP contribution >= 0.6 is 0 Å². The Morgan fingerprint density at radius 3 is 3.08 bits per heavy atom. The highest BCUT2D eigenvalue weighted by Crippen LogP contribution is 2.03. The third kappa shape index (κ3) is 1.58. The van der Waals surface area contributed by atoms with Crippen LogP contribution in [0.15, 0.2) is 18.3 Å². The average molecular weight is 161 g/mol. The lowest BCUT2D eigenvalue weighted by molar-refractivity contribution is 0.0999. The van der Waals surface area contributed by atoms with Crippen LogP contribution in [0.2, 0.25) is 0 Å². The second-order valence-corrected chi connectivity index (χ2v) is 2.20. The van der Waals surface area contributed by atoms with E-state index in [2.05, 4.69) is 4.98 Å². The van der Waals surface area contributed by atoms with Crippen LogP contribution in [-0.2, 0) is 6.42 Å². The molecule has 0 radical (unpaired) electrons. The molecule has 1 heterocycles. The van der Waals surface area contributed by atoms with Gasteiger partial charge < -0.3 is 5.73 Å². The highest BCUT2D eigenvalue weighted by atomic mass is 16.1. The van der Waals surface area contributed by atoms with Gasteiger partial charge in [0, 0.05) is 6.20 Å². The first-order valence-corrected chi connectivity index (χ1v) is 3.36. The van der Waals surface area contributed by atoms with Gasteiger partial charge in [0.15, 0.2) is 0 Å². The van der Waals surface area contributed by atoms with Crippen molar-refractivity contribution >= 4 is 5.91 Å². The van der Waals surface area contributed by atoms with E-state index >= 15 is 0 Å². The number of carbonyl (C=O) groups excluding carboxylic acids is 1. The van der Waals surface area contributed by atoms with Gasteiger partial charge in [0.25, 0.3) is 5.91 Å². The van der Waals surface area contributed by atoms with Crippen molar-refractivity contribution in [1.82, 2.24) is 4.98 Å². The van der Waals surface area contributed by atoms with E-state index in [-0.39, 0.29) is 6.42 Å². The largest absolute Gasteiger partial charge is 0.366 e. The molecule has 0 bridgehead atoms. The molecule has 0 spiro atoms. The molecule has 0 saturated carbocycles. The van der Waals surface area contributed by atoms with Crippen molar-refractivity contribution in [2.24, 2.45) is 5.73 Å². The quantitative estimate of drug-likeness (QED) is 0.674.